The molecule has 0 bridgehead atoms. The molecule has 0 saturated heterocycles. The molecule has 3 aromatic carbocycles. The molecule has 0 aliphatic rings. The highest BCUT2D eigenvalue weighted by Gasteiger charge is 2.32. The van der Waals surface area contributed by atoms with Gasteiger partial charge in [-0.05, 0) is 69.9 Å². The number of nitrogens with zero attached hydrogens (tertiary/aromatic N) is 2. The minimum absolute atomic E-state index is 0.0583. The highest BCUT2D eigenvalue weighted by atomic mass is 32.2. The van der Waals surface area contributed by atoms with Crippen LogP contribution in [0.15, 0.2) is 78.9 Å². The van der Waals surface area contributed by atoms with Crippen molar-refractivity contribution in [2.75, 3.05) is 23.7 Å². The predicted molar refractivity (Wildman–Crippen MR) is 173 cm³/mol. The molecular formula is C34H45N3O5S. The summed E-state index contributed by atoms with van der Waals surface area (Å²) in [5, 5.41) is 3.07. The lowest BCUT2D eigenvalue weighted by atomic mass is 9.99. The molecule has 0 aromatic heterocycles. The van der Waals surface area contributed by atoms with Gasteiger partial charge in [0.05, 0.1) is 18.6 Å². The highest BCUT2D eigenvalue weighted by molar-refractivity contribution is 7.92. The molecule has 2 amide bonds. The summed E-state index contributed by atoms with van der Waals surface area (Å²) in [5.74, 6) is 0.00573. The summed E-state index contributed by atoms with van der Waals surface area (Å²) in [5.41, 5.74) is 2.84. The van der Waals surface area contributed by atoms with E-state index in [0.29, 0.717) is 24.5 Å². The Kier molecular flexibility index (Phi) is 11.8. The molecule has 232 valence electrons. The maximum absolute atomic E-state index is 14.1. The van der Waals surface area contributed by atoms with Crippen LogP contribution in [0, 0.1) is 6.92 Å². The molecule has 3 aromatic rings. The average molecular weight is 608 g/mol. The number of benzene rings is 3. The summed E-state index contributed by atoms with van der Waals surface area (Å²) >= 11 is 0. The van der Waals surface area contributed by atoms with E-state index >= 15 is 0 Å². The number of anilines is 1. The maximum Gasteiger partial charge on any atom is 0.243 e. The Labute approximate surface area is 257 Å². The van der Waals surface area contributed by atoms with Crippen LogP contribution in [0.25, 0.3) is 0 Å². The molecule has 1 unspecified atom stereocenters. The first-order valence-corrected chi connectivity index (χ1v) is 16.5. The van der Waals surface area contributed by atoms with Crippen LogP contribution in [0.2, 0.25) is 0 Å². The van der Waals surface area contributed by atoms with Crippen molar-refractivity contribution in [2.24, 2.45) is 0 Å². The van der Waals surface area contributed by atoms with Crippen LogP contribution < -0.4 is 14.4 Å². The molecule has 0 aliphatic heterocycles. The van der Waals surface area contributed by atoms with Gasteiger partial charge in [-0.15, -0.1) is 0 Å². The summed E-state index contributed by atoms with van der Waals surface area (Å²) in [6.07, 6.45) is 1.81. The molecule has 0 spiro atoms. The van der Waals surface area contributed by atoms with Crippen molar-refractivity contribution in [1.82, 2.24) is 10.2 Å². The van der Waals surface area contributed by atoms with E-state index in [1.54, 1.807) is 29.2 Å². The number of carbonyl (C=O) groups is 2. The summed E-state index contributed by atoms with van der Waals surface area (Å²) in [6, 6.07) is 23.7. The first kappa shape index (κ1) is 33.6. The van der Waals surface area contributed by atoms with Crippen LogP contribution in [0.1, 0.15) is 57.2 Å². The van der Waals surface area contributed by atoms with Crippen molar-refractivity contribution in [2.45, 2.75) is 72.0 Å². The zero-order chi connectivity index (χ0) is 31.6. The number of para-hydroxylation sites is 2. The third-order valence-corrected chi connectivity index (χ3v) is 8.14. The van der Waals surface area contributed by atoms with Crippen LogP contribution >= 0.6 is 0 Å². The summed E-state index contributed by atoms with van der Waals surface area (Å²) in [4.78, 5) is 29.5. The van der Waals surface area contributed by atoms with Crippen molar-refractivity contribution in [3.63, 3.8) is 0 Å². The Balaban J connectivity index is 1.93. The van der Waals surface area contributed by atoms with E-state index < -0.39 is 21.6 Å². The third-order valence-electron chi connectivity index (χ3n) is 6.96. The Morgan fingerprint density at radius 3 is 2.19 bits per heavy atom. The fraction of sp³-hybridized carbons (Fsp3) is 0.412. The van der Waals surface area contributed by atoms with Gasteiger partial charge in [-0.2, -0.15) is 0 Å². The fourth-order valence-corrected chi connectivity index (χ4v) is 5.87. The number of ether oxygens (including phenoxy) is 1. The summed E-state index contributed by atoms with van der Waals surface area (Å²) in [7, 11) is -3.66. The number of sulfonamides is 1. The van der Waals surface area contributed by atoms with E-state index in [1.165, 1.54) is 4.31 Å². The monoisotopic (exact) mass is 607 g/mol. The molecule has 0 saturated carbocycles. The zero-order valence-corrected chi connectivity index (χ0v) is 27.0. The van der Waals surface area contributed by atoms with Gasteiger partial charge in [0.15, 0.2) is 0 Å². The topological polar surface area (TPSA) is 96.0 Å². The van der Waals surface area contributed by atoms with E-state index in [9.17, 15) is 18.0 Å². The smallest absolute Gasteiger partial charge is 0.243 e. The number of carbonyl (C=O) groups excluding carboxylic acids is 2. The largest absolute Gasteiger partial charge is 0.492 e. The van der Waals surface area contributed by atoms with Crippen LogP contribution in [-0.2, 0) is 32.6 Å². The first-order valence-electron chi connectivity index (χ1n) is 14.7. The second-order valence-electron chi connectivity index (χ2n) is 11.7. The van der Waals surface area contributed by atoms with E-state index in [4.69, 9.17) is 4.74 Å². The first-order chi connectivity index (χ1) is 20.3. The molecule has 0 radical (unpaired) electrons. The van der Waals surface area contributed by atoms with Gasteiger partial charge < -0.3 is 15.0 Å². The van der Waals surface area contributed by atoms with E-state index in [0.717, 1.165) is 22.9 Å². The lowest BCUT2D eigenvalue weighted by molar-refractivity contribution is -0.142. The Morgan fingerprint density at radius 2 is 1.56 bits per heavy atom. The normalized spacial score (nSPS) is 12.3. The standard InChI is InChI=1S/C34H45N3O5S/c1-7-42-31-21-14-13-20-29(31)37(43(6,40)41)23-15-22-32(38)36(25-28-19-12-11-16-26(28)2)30(33(39)35-34(3,4)5)24-27-17-9-8-10-18-27/h8-14,16-21,30H,7,15,22-25H2,1-6H3,(H,35,39). The summed E-state index contributed by atoms with van der Waals surface area (Å²) in [6.45, 7) is 10.3. The predicted octanol–water partition coefficient (Wildman–Crippen LogP) is 5.49. The van der Waals surface area contributed by atoms with Gasteiger partial charge in [-0.1, -0.05) is 66.7 Å². The van der Waals surface area contributed by atoms with E-state index in [2.05, 4.69) is 5.32 Å². The number of amides is 2. The van der Waals surface area contributed by atoms with Crippen molar-refractivity contribution < 1.29 is 22.7 Å². The van der Waals surface area contributed by atoms with Crippen LogP contribution in [0.5, 0.6) is 5.75 Å². The van der Waals surface area contributed by atoms with Gasteiger partial charge >= 0.3 is 0 Å². The second-order valence-corrected chi connectivity index (χ2v) is 13.6. The molecule has 1 N–H and O–H groups in total. The van der Waals surface area contributed by atoms with Crippen LogP contribution in [0.3, 0.4) is 0 Å². The molecule has 8 nitrogen and oxygen atoms in total. The number of hydrogen-bond donors (Lipinski definition) is 1. The lowest BCUT2D eigenvalue weighted by Gasteiger charge is -2.34. The number of hydrogen-bond acceptors (Lipinski definition) is 5. The van der Waals surface area contributed by atoms with Crippen molar-refractivity contribution in [3.8, 4) is 5.75 Å². The number of nitrogens with one attached hydrogen (secondary N) is 1. The summed E-state index contributed by atoms with van der Waals surface area (Å²) < 4.78 is 32.6. The molecule has 43 heavy (non-hydrogen) atoms. The molecule has 0 fully saturated rings. The quantitative estimate of drug-likeness (QED) is 0.261. The zero-order valence-electron chi connectivity index (χ0n) is 26.2. The Bertz CT molecular complexity index is 1470. The Morgan fingerprint density at radius 1 is 0.930 bits per heavy atom. The van der Waals surface area contributed by atoms with Gasteiger partial charge in [-0.3, -0.25) is 13.9 Å². The van der Waals surface area contributed by atoms with Gasteiger partial charge in [0.2, 0.25) is 21.8 Å². The van der Waals surface area contributed by atoms with Gasteiger partial charge in [0.1, 0.15) is 11.8 Å². The van der Waals surface area contributed by atoms with E-state index in [1.807, 2.05) is 89.2 Å². The second kappa shape index (κ2) is 15.0. The van der Waals surface area contributed by atoms with Gasteiger partial charge in [0, 0.05) is 31.5 Å². The minimum atomic E-state index is -3.66. The number of rotatable bonds is 14. The molecule has 3 rings (SSSR count). The van der Waals surface area contributed by atoms with Crippen molar-refractivity contribution >= 4 is 27.5 Å². The molecule has 9 heteroatoms. The molecule has 0 aliphatic carbocycles. The van der Waals surface area contributed by atoms with Gasteiger partial charge in [0.25, 0.3) is 0 Å². The average Bonchev–Trinajstić information content (AvgIpc) is 2.93. The highest BCUT2D eigenvalue weighted by Crippen LogP contribution is 2.30. The minimum Gasteiger partial charge on any atom is -0.492 e. The van der Waals surface area contributed by atoms with Gasteiger partial charge in [-0.25, -0.2) is 8.42 Å². The lowest BCUT2D eigenvalue weighted by Crippen LogP contribution is -2.54. The number of aryl methyl sites for hydroxylation is 1. The fourth-order valence-electron chi connectivity index (χ4n) is 4.90. The maximum atomic E-state index is 14.1. The molecule has 1 atom stereocenters. The van der Waals surface area contributed by atoms with Crippen LogP contribution in [0.4, 0.5) is 5.69 Å². The molecular weight excluding hydrogens is 562 g/mol. The van der Waals surface area contributed by atoms with Crippen LogP contribution in [-0.4, -0.2) is 56.1 Å². The molecule has 0 heterocycles. The van der Waals surface area contributed by atoms with Crippen molar-refractivity contribution in [3.05, 3.63) is 95.6 Å². The van der Waals surface area contributed by atoms with Crippen molar-refractivity contribution in [1.29, 1.82) is 0 Å². The van der Waals surface area contributed by atoms with E-state index in [-0.39, 0.29) is 37.7 Å². The SMILES string of the molecule is CCOc1ccccc1N(CCCC(=O)N(Cc1ccccc1C)C(Cc1ccccc1)C(=O)NC(C)(C)C)S(C)(=O)=O. The Hall–Kier alpha value is -3.85. The third kappa shape index (κ3) is 10.1.